The molecule has 0 aromatic carbocycles. The molecule has 1 amide bonds. The lowest BCUT2D eigenvalue weighted by Crippen LogP contribution is -2.37. The van der Waals surface area contributed by atoms with Gasteiger partial charge in [-0.1, -0.05) is 6.07 Å². The van der Waals surface area contributed by atoms with Crippen LogP contribution in [0.2, 0.25) is 0 Å². The monoisotopic (exact) mass is 298 g/mol. The largest absolute Gasteiger partial charge is 0.342 e. The van der Waals surface area contributed by atoms with E-state index in [9.17, 15) is 4.79 Å². The van der Waals surface area contributed by atoms with Crippen LogP contribution in [-0.2, 0) is 11.8 Å². The number of hydrogen-bond donors (Lipinski definition) is 0. The molecule has 1 fully saturated rings. The normalized spacial score (nSPS) is 18.5. The average Bonchev–Trinajstić information content (AvgIpc) is 2.87. The molecular formula is C17H22N4O. The van der Waals surface area contributed by atoms with E-state index < -0.39 is 0 Å². The maximum atomic E-state index is 11.6. The number of carbonyl (C=O) groups is 1. The standard InChI is InChI=1S/C17H22N4O/c1-12-18-10-17(20(12)3)16-8-4-7-15(19-16)14-6-5-9-21(11-14)13(2)22/h4,7-8,10,14H,5-6,9,11H2,1-3H3/t14-/m1/s1. The van der Waals surface area contributed by atoms with Gasteiger partial charge in [-0.25, -0.2) is 4.98 Å². The maximum absolute atomic E-state index is 11.6. The van der Waals surface area contributed by atoms with Gasteiger partial charge in [-0.05, 0) is 31.9 Å². The van der Waals surface area contributed by atoms with Gasteiger partial charge in [-0.2, -0.15) is 0 Å². The minimum atomic E-state index is 0.156. The summed E-state index contributed by atoms with van der Waals surface area (Å²) in [7, 11) is 2.00. The Morgan fingerprint density at radius 2 is 2.18 bits per heavy atom. The smallest absolute Gasteiger partial charge is 0.219 e. The Bertz CT molecular complexity index is 692. The van der Waals surface area contributed by atoms with Crippen molar-refractivity contribution in [3.63, 3.8) is 0 Å². The Hall–Kier alpha value is -2.17. The molecule has 0 spiro atoms. The van der Waals surface area contributed by atoms with Crippen molar-refractivity contribution < 1.29 is 4.79 Å². The highest BCUT2D eigenvalue weighted by molar-refractivity contribution is 5.73. The second-order valence-electron chi connectivity index (χ2n) is 6.00. The summed E-state index contributed by atoms with van der Waals surface area (Å²) >= 11 is 0. The van der Waals surface area contributed by atoms with Gasteiger partial charge in [-0.3, -0.25) is 9.78 Å². The van der Waals surface area contributed by atoms with Crippen molar-refractivity contribution in [1.29, 1.82) is 0 Å². The number of aryl methyl sites for hydroxylation is 1. The zero-order valence-corrected chi connectivity index (χ0v) is 13.4. The van der Waals surface area contributed by atoms with Crippen molar-refractivity contribution in [2.24, 2.45) is 7.05 Å². The molecule has 1 aliphatic heterocycles. The molecule has 3 rings (SSSR count). The Morgan fingerprint density at radius 3 is 2.86 bits per heavy atom. The van der Waals surface area contributed by atoms with Crippen molar-refractivity contribution in [2.75, 3.05) is 13.1 Å². The SMILES string of the molecule is CC(=O)N1CCC[C@@H](c2cccc(-c3cnc(C)n3C)n2)C1. The number of rotatable bonds is 2. The summed E-state index contributed by atoms with van der Waals surface area (Å²) in [5.41, 5.74) is 3.04. The third kappa shape index (κ3) is 2.75. The molecule has 0 N–H and O–H groups in total. The van der Waals surface area contributed by atoms with Gasteiger partial charge in [0.2, 0.25) is 5.91 Å². The van der Waals surface area contributed by atoms with Crippen molar-refractivity contribution in [3.8, 4) is 11.4 Å². The van der Waals surface area contributed by atoms with E-state index in [1.807, 2.05) is 37.2 Å². The number of nitrogens with zero attached hydrogens (tertiary/aromatic N) is 4. The van der Waals surface area contributed by atoms with Crippen molar-refractivity contribution in [2.45, 2.75) is 32.6 Å². The van der Waals surface area contributed by atoms with Crippen LogP contribution in [0.1, 0.15) is 37.2 Å². The van der Waals surface area contributed by atoms with Crippen LogP contribution in [-0.4, -0.2) is 38.4 Å². The molecule has 2 aromatic rings. The number of pyridine rings is 1. The van der Waals surface area contributed by atoms with Crippen LogP contribution in [0.5, 0.6) is 0 Å². The molecule has 1 aliphatic rings. The van der Waals surface area contributed by atoms with Crippen molar-refractivity contribution >= 4 is 5.91 Å². The fraction of sp³-hybridized carbons (Fsp3) is 0.471. The van der Waals surface area contributed by atoms with E-state index in [0.717, 1.165) is 48.8 Å². The average molecular weight is 298 g/mol. The Balaban J connectivity index is 1.88. The van der Waals surface area contributed by atoms with E-state index in [0.29, 0.717) is 5.92 Å². The number of imidazole rings is 1. The summed E-state index contributed by atoms with van der Waals surface area (Å²) in [4.78, 5) is 22.7. The van der Waals surface area contributed by atoms with Gasteiger partial charge in [0.1, 0.15) is 5.82 Å². The first-order chi connectivity index (χ1) is 10.6. The Morgan fingerprint density at radius 1 is 1.36 bits per heavy atom. The van der Waals surface area contributed by atoms with E-state index >= 15 is 0 Å². The highest BCUT2D eigenvalue weighted by Crippen LogP contribution is 2.27. The van der Waals surface area contributed by atoms with E-state index in [-0.39, 0.29) is 5.91 Å². The van der Waals surface area contributed by atoms with Crippen LogP contribution < -0.4 is 0 Å². The Labute approximate surface area is 131 Å². The van der Waals surface area contributed by atoms with Gasteiger partial charge >= 0.3 is 0 Å². The molecule has 5 nitrogen and oxygen atoms in total. The van der Waals surface area contributed by atoms with Crippen LogP contribution in [0, 0.1) is 6.92 Å². The second kappa shape index (κ2) is 5.91. The molecule has 0 bridgehead atoms. The minimum Gasteiger partial charge on any atom is -0.342 e. The van der Waals surface area contributed by atoms with E-state index in [1.54, 1.807) is 6.92 Å². The van der Waals surface area contributed by atoms with Crippen LogP contribution in [0.15, 0.2) is 24.4 Å². The van der Waals surface area contributed by atoms with Crippen LogP contribution in [0.3, 0.4) is 0 Å². The zero-order valence-electron chi connectivity index (χ0n) is 13.4. The maximum Gasteiger partial charge on any atom is 0.219 e. The summed E-state index contributed by atoms with van der Waals surface area (Å²) < 4.78 is 2.05. The number of hydrogen-bond acceptors (Lipinski definition) is 3. The predicted octanol–water partition coefficient (Wildman–Crippen LogP) is 2.52. The molecule has 2 aromatic heterocycles. The van der Waals surface area contributed by atoms with Crippen LogP contribution >= 0.6 is 0 Å². The van der Waals surface area contributed by atoms with Gasteiger partial charge < -0.3 is 9.47 Å². The van der Waals surface area contributed by atoms with Crippen molar-refractivity contribution in [3.05, 3.63) is 35.9 Å². The van der Waals surface area contributed by atoms with Gasteiger partial charge in [0.15, 0.2) is 0 Å². The Kier molecular flexibility index (Phi) is 3.96. The molecular weight excluding hydrogens is 276 g/mol. The number of likely N-dealkylation sites (tertiary alicyclic amines) is 1. The van der Waals surface area contributed by atoms with E-state index in [2.05, 4.69) is 15.6 Å². The molecule has 1 atom stereocenters. The summed E-state index contributed by atoms with van der Waals surface area (Å²) in [6.45, 7) is 5.27. The molecule has 0 aliphatic carbocycles. The summed E-state index contributed by atoms with van der Waals surface area (Å²) in [5, 5.41) is 0. The van der Waals surface area contributed by atoms with Crippen LogP contribution in [0.4, 0.5) is 0 Å². The highest BCUT2D eigenvalue weighted by atomic mass is 16.2. The summed E-state index contributed by atoms with van der Waals surface area (Å²) in [6, 6.07) is 6.14. The summed E-state index contributed by atoms with van der Waals surface area (Å²) in [5.74, 6) is 1.46. The van der Waals surface area contributed by atoms with Crippen molar-refractivity contribution in [1.82, 2.24) is 19.4 Å². The van der Waals surface area contributed by atoms with Crippen LogP contribution in [0.25, 0.3) is 11.4 Å². The predicted molar refractivity (Wildman–Crippen MR) is 85.4 cm³/mol. The number of piperidine rings is 1. The number of aromatic nitrogens is 3. The second-order valence-corrected chi connectivity index (χ2v) is 6.00. The first-order valence-electron chi connectivity index (χ1n) is 7.77. The zero-order chi connectivity index (χ0) is 15.7. The fourth-order valence-corrected chi connectivity index (χ4v) is 3.07. The molecule has 1 saturated heterocycles. The molecule has 0 saturated carbocycles. The lowest BCUT2D eigenvalue weighted by atomic mass is 9.94. The molecule has 116 valence electrons. The van der Waals surface area contributed by atoms with Gasteiger partial charge in [0, 0.05) is 38.7 Å². The first kappa shape index (κ1) is 14.8. The number of amides is 1. The van der Waals surface area contributed by atoms with Gasteiger partial charge in [0.25, 0.3) is 0 Å². The third-order valence-corrected chi connectivity index (χ3v) is 4.54. The van der Waals surface area contributed by atoms with E-state index in [4.69, 9.17) is 4.98 Å². The highest BCUT2D eigenvalue weighted by Gasteiger charge is 2.24. The minimum absolute atomic E-state index is 0.156. The number of carbonyl (C=O) groups excluding carboxylic acids is 1. The van der Waals surface area contributed by atoms with E-state index in [1.165, 1.54) is 0 Å². The molecule has 5 heteroatoms. The molecule has 0 radical (unpaired) electrons. The van der Waals surface area contributed by atoms with Gasteiger partial charge in [0.05, 0.1) is 17.6 Å². The van der Waals surface area contributed by atoms with Gasteiger partial charge in [-0.15, -0.1) is 0 Å². The quantitative estimate of drug-likeness (QED) is 0.856. The third-order valence-electron chi connectivity index (χ3n) is 4.54. The first-order valence-corrected chi connectivity index (χ1v) is 7.77. The molecule has 22 heavy (non-hydrogen) atoms. The summed E-state index contributed by atoms with van der Waals surface area (Å²) in [6.07, 6.45) is 4.00. The lowest BCUT2D eigenvalue weighted by Gasteiger charge is -2.31. The molecule has 0 unspecified atom stereocenters. The fourth-order valence-electron chi connectivity index (χ4n) is 3.07. The molecule has 3 heterocycles. The topological polar surface area (TPSA) is 51.0 Å². The lowest BCUT2D eigenvalue weighted by molar-refractivity contribution is -0.130.